The largest absolute Gasteiger partial charge is 0.493 e. The molecule has 0 saturated heterocycles. The van der Waals surface area contributed by atoms with Gasteiger partial charge in [-0.2, -0.15) is 0 Å². The minimum Gasteiger partial charge on any atom is -0.493 e. The van der Waals surface area contributed by atoms with E-state index < -0.39 is 0 Å². The van der Waals surface area contributed by atoms with Gasteiger partial charge in [-0.3, -0.25) is 4.79 Å². The lowest BCUT2D eigenvalue weighted by atomic mass is 10.0. The average Bonchev–Trinajstić information content (AvgIpc) is 3.16. The molecule has 0 spiro atoms. The van der Waals surface area contributed by atoms with E-state index in [-0.39, 0.29) is 11.9 Å². The number of fused-ring (bicyclic) bond motifs is 1. The fourth-order valence-electron chi connectivity index (χ4n) is 3.11. The predicted molar refractivity (Wildman–Crippen MR) is 108 cm³/mol. The first-order valence-electron chi connectivity index (χ1n) is 9.04. The molecule has 0 N–H and O–H groups in total. The normalized spacial score (nSPS) is 10.9. The van der Waals surface area contributed by atoms with Crippen molar-refractivity contribution in [2.45, 2.75) is 20.0 Å². The monoisotopic (exact) mass is 400 g/mol. The van der Waals surface area contributed by atoms with Crippen molar-refractivity contribution in [3.63, 3.8) is 0 Å². The number of furan rings is 1. The van der Waals surface area contributed by atoms with Crippen molar-refractivity contribution in [3.05, 3.63) is 41.7 Å². The number of hydrogen-bond acceptors (Lipinski definition) is 7. The molecule has 2 aromatic carbocycles. The lowest BCUT2D eigenvalue weighted by Gasteiger charge is -2.14. The van der Waals surface area contributed by atoms with Crippen molar-refractivity contribution < 1.29 is 32.9 Å². The van der Waals surface area contributed by atoms with Gasteiger partial charge in [0, 0.05) is 10.9 Å². The van der Waals surface area contributed by atoms with Gasteiger partial charge in [0.25, 0.3) is 0 Å². The Morgan fingerprint density at radius 1 is 0.862 bits per heavy atom. The first kappa shape index (κ1) is 20.4. The lowest BCUT2D eigenvalue weighted by Crippen LogP contribution is -2.07. The van der Waals surface area contributed by atoms with Gasteiger partial charge in [0.05, 0.1) is 40.1 Å². The summed E-state index contributed by atoms with van der Waals surface area (Å²) in [4.78, 5) is 13.3. The van der Waals surface area contributed by atoms with Crippen molar-refractivity contribution in [2.24, 2.45) is 0 Å². The zero-order chi connectivity index (χ0) is 21.1. The second-order valence-electron chi connectivity index (χ2n) is 6.53. The van der Waals surface area contributed by atoms with Crippen LogP contribution in [0.1, 0.15) is 29.8 Å². The molecule has 1 heterocycles. The van der Waals surface area contributed by atoms with E-state index in [0.717, 1.165) is 0 Å². The Hall–Kier alpha value is -3.35. The Balaban J connectivity index is 2.13. The summed E-state index contributed by atoms with van der Waals surface area (Å²) in [6.45, 7) is 3.81. The smallest absolute Gasteiger partial charge is 0.205 e. The summed E-state index contributed by atoms with van der Waals surface area (Å²) in [5, 5.41) is 0.625. The summed E-state index contributed by atoms with van der Waals surface area (Å²) in [5.41, 5.74) is 1.23. The van der Waals surface area contributed by atoms with Gasteiger partial charge in [0.1, 0.15) is 6.26 Å². The molecule has 0 aliphatic heterocycles. The molecule has 0 aliphatic rings. The summed E-state index contributed by atoms with van der Waals surface area (Å²) >= 11 is 0. The molecule has 3 aromatic rings. The maximum absolute atomic E-state index is 13.3. The van der Waals surface area contributed by atoms with Crippen LogP contribution >= 0.6 is 0 Å². The van der Waals surface area contributed by atoms with Crippen LogP contribution in [0.4, 0.5) is 0 Å². The van der Waals surface area contributed by atoms with E-state index in [1.165, 1.54) is 27.6 Å². The Morgan fingerprint density at radius 3 is 2.00 bits per heavy atom. The number of carbonyl (C=O) groups excluding carboxylic acids is 1. The Bertz CT molecular complexity index is 1010. The van der Waals surface area contributed by atoms with Gasteiger partial charge in [-0.15, -0.1) is 0 Å². The van der Waals surface area contributed by atoms with E-state index in [2.05, 4.69) is 0 Å². The van der Waals surface area contributed by atoms with Crippen LogP contribution in [0.3, 0.4) is 0 Å². The van der Waals surface area contributed by atoms with Crippen LogP contribution in [-0.4, -0.2) is 40.3 Å². The standard InChI is InChI=1S/C22H24O7/c1-12(2)29-22-16(24-3)8-7-14-15(11-28-20(14)22)19(23)13-9-17(25-4)21(27-6)18(10-13)26-5/h7-12H,1-6H3. The number of methoxy groups -OCH3 is 4. The molecule has 0 fully saturated rings. The van der Waals surface area contributed by atoms with Gasteiger partial charge in [-0.1, -0.05) is 0 Å². The first-order valence-corrected chi connectivity index (χ1v) is 9.04. The summed E-state index contributed by atoms with van der Waals surface area (Å²) in [6, 6.07) is 6.74. The topological polar surface area (TPSA) is 76.4 Å². The zero-order valence-corrected chi connectivity index (χ0v) is 17.3. The summed E-state index contributed by atoms with van der Waals surface area (Å²) in [7, 11) is 6.07. The molecule has 0 aliphatic carbocycles. The van der Waals surface area contributed by atoms with Crippen LogP contribution in [0.15, 0.2) is 34.9 Å². The molecule has 7 heteroatoms. The van der Waals surface area contributed by atoms with Crippen molar-refractivity contribution in [3.8, 4) is 28.7 Å². The van der Waals surface area contributed by atoms with Crippen molar-refractivity contribution in [1.82, 2.24) is 0 Å². The average molecular weight is 400 g/mol. The molecule has 3 rings (SSSR count). The third kappa shape index (κ3) is 3.68. The van der Waals surface area contributed by atoms with Crippen molar-refractivity contribution in [2.75, 3.05) is 28.4 Å². The first-order chi connectivity index (χ1) is 13.9. The highest BCUT2D eigenvalue weighted by atomic mass is 16.5. The van der Waals surface area contributed by atoms with Gasteiger partial charge in [-0.05, 0) is 38.1 Å². The number of ether oxygens (including phenoxy) is 5. The fourth-order valence-corrected chi connectivity index (χ4v) is 3.11. The van der Waals surface area contributed by atoms with E-state index in [1.54, 1.807) is 31.4 Å². The van der Waals surface area contributed by atoms with Gasteiger partial charge in [0.2, 0.25) is 11.5 Å². The second-order valence-corrected chi connectivity index (χ2v) is 6.53. The van der Waals surface area contributed by atoms with E-state index in [9.17, 15) is 4.79 Å². The molecule has 0 unspecified atom stereocenters. The third-order valence-corrected chi connectivity index (χ3v) is 4.41. The molecule has 1 aromatic heterocycles. The number of ketones is 1. The quantitative estimate of drug-likeness (QED) is 0.516. The maximum Gasteiger partial charge on any atom is 0.205 e. The summed E-state index contributed by atoms with van der Waals surface area (Å²) in [6.07, 6.45) is 1.33. The Kier molecular flexibility index (Phi) is 5.87. The number of hydrogen-bond donors (Lipinski definition) is 0. The van der Waals surface area contributed by atoms with Crippen LogP contribution in [-0.2, 0) is 0 Å². The van der Waals surface area contributed by atoms with Crippen LogP contribution < -0.4 is 23.7 Å². The van der Waals surface area contributed by atoms with Crippen LogP contribution in [0.25, 0.3) is 11.0 Å². The molecular weight excluding hydrogens is 376 g/mol. The lowest BCUT2D eigenvalue weighted by molar-refractivity contribution is 0.103. The summed E-state index contributed by atoms with van der Waals surface area (Å²) < 4.78 is 33.0. The highest BCUT2D eigenvalue weighted by Gasteiger charge is 2.24. The van der Waals surface area contributed by atoms with Crippen LogP contribution in [0, 0.1) is 0 Å². The zero-order valence-electron chi connectivity index (χ0n) is 17.3. The van der Waals surface area contributed by atoms with E-state index in [0.29, 0.717) is 50.8 Å². The van der Waals surface area contributed by atoms with Gasteiger partial charge in [0.15, 0.2) is 28.6 Å². The Morgan fingerprint density at radius 2 is 1.48 bits per heavy atom. The number of rotatable bonds is 8. The van der Waals surface area contributed by atoms with Gasteiger partial charge >= 0.3 is 0 Å². The van der Waals surface area contributed by atoms with Gasteiger partial charge in [-0.25, -0.2) is 0 Å². The van der Waals surface area contributed by atoms with E-state index >= 15 is 0 Å². The Labute approximate surface area is 169 Å². The van der Waals surface area contributed by atoms with E-state index in [4.69, 9.17) is 28.1 Å². The number of carbonyl (C=O) groups is 1. The molecule has 29 heavy (non-hydrogen) atoms. The summed E-state index contributed by atoms with van der Waals surface area (Å²) in [5.74, 6) is 1.96. The highest BCUT2D eigenvalue weighted by molar-refractivity contribution is 6.17. The maximum atomic E-state index is 13.3. The molecule has 0 bridgehead atoms. The molecule has 0 amide bonds. The van der Waals surface area contributed by atoms with Crippen molar-refractivity contribution >= 4 is 16.8 Å². The predicted octanol–water partition coefficient (Wildman–Crippen LogP) is 4.49. The molecule has 7 nitrogen and oxygen atoms in total. The fraction of sp³-hybridized carbons (Fsp3) is 0.318. The van der Waals surface area contributed by atoms with Crippen LogP contribution in [0.5, 0.6) is 28.7 Å². The van der Waals surface area contributed by atoms with E-state index in [1.807, 2.05) is 13.8 Å². The SMILES string of the molecule is COc1cc(C(=O)c2coc3c(OC(C)C)c(OC)ccc23)cc(OC)c1OC. The molecule has 0 atom stereocenters. The number of benzene rings is 2. The highest BCUT2D eigenvalue weighted by Crippen LogP contribution is 2.41. The second kappa shape index (κ2) is 8.34. The minimum absolute atomic E-state index is 0.0890. The minimum atomic E-state index is -0.247. The third-order valence-electron chi connectivity index (χ3n) is 4.41. The van der Waals surface area contributed by atoms with Crippen molar-refractivity contribution in [1.29, 1.82) is 0 Å². The molecule has 0 radical (unpaired) electrons. The molecular formula is C22H24O7. The molecule has 0 saturated carbocycles. The molecule has 154 valence electrons. The van der Waals surface area contributed by atoms with Crippen LogP contribution in [0.2, 0.25) is 0 Å². The van der Waals surface area contributed by atoms with Gasteiger partial charge < -0.3 is 28.1 Å².